The summed E-state index contributed by atoms with van der Waals surface area (Å²) in [7, 11) is 0. The van der Waals surface area contributed by atoms with E-state index in [1.54, 1.807) is 0 Å². The van der Waals surface area contributed by atoms with Crippen molar-refractivity contribution < 1.29 is 4.74 Å². The zero-order valence-electron chi connectivity index (χ0n) is 13.5. The van der Waals surface area contributed by atoms with Gasteiger partial charge in [-0.25, -0.2) is 0 Å². The maximum absolute atomic E-state index is 5.55. The molecule has 1 heterocycles. The van der Waals surface area contributed by atoms with Gasteiger partial charge in [-0.15, -0.1) is 0 Å². The van der Waals surface area contributed by atoms with E-state index >= 15 is 0 Å². The van der Waals surface area contributed by atoms with Crippen molar-refractivity contribution in [3.05, 3.63) is 29.8 Å². The van der Waals surface area contributed by atoms with Crippen molar-refractivity contribution in [2.24, 2.45) is 0 Å². The van der Waals surface area contributed by atoms with Crippen LogP contribution in [0.25, 0.3) is 0 Å². The molecule has 0 bridgehead atoms. The molecule has 0 radical (unpaired) electrons. The highest BCUT2D eigenvalue weighted by Gasteiger charge is 2.14. The van der Waals surface area contributed by atoms with E-state index in [2.05, 4.69) is 35.8 Å². The van der Waals surface area contributed by atoms with Gasteiger partial charge in [0.25, 0.3) is 0 Å². The monoisotopic (exact) mass is 290 g/mol. The van der Waals surface area contributed by atoms with Crippen molar-refractivity contribution >= 4 is 0 Å². The Morgan fingerprint density at radius 2 is 2.24 bits per heavy atom. The second kappa shape index (κ2) is 9.06. The minimum Gasteiger partial charge on any atom is -0.494 e. The second-order valence-corrected chi connectivity index (χ2v) is 6.10. The molecule has 1 fully saturated rings. The molecule has 1 aliphatic rings. The number of hydrogen-bond acceptors (Lipinski definition) is 3. The maximum Gasteiger partial charge on any atom is 0.119 e. The lowest BCUT2D eigenvalue weighted by atomic mass is 10.0. The standard InChI is InChI=1S/C18H30N2O/c1-3-21-18-10-7-8-16(13-18)14-20-15(2)12-17-9-5-4-6-11-19-17/h7-8,10,13,15,17,19-20H,3-6,9,11-12,14H2,1-2H3. The average Bonchev–Trinajstić information content (AvgIpc) is 2.75. The Hall–Kier alpha value is -1.06. The van der Waals surface area contributed by atoms with Gasteiger partial charge in [-0.1, -0.05) is 25.0 Å². The molecule has 3 heteroatoms. The van der Waals surface area contributed by atoms with Gasteiger partial charge in [0.1, 0.15) is 5.75 Å². The van der Waals surface area contributed by atoms with E-state index in [-0.39, 0.29) is 0 Å². The van der Waals surface area contributed by atoms with E-state index in [0.29, 0.717) is 12.1 Å². The van der Waals surface area contributed by atoms with E-state index in [0.717, 1.165) is 18.9 Å². The van der Waals surface area contributed by atoms with Crippen LogP contribution < -0.4 is 15.4 Å². The summed E-state index contributed by atoms with van der Waals surface area (Å²) in [4.78, 5) is 0. The van der Waals surface area contributed by atoms with Gasteiger partial charge in [0, 0.05) is 18.6 Å². The first-order valence-electron chi connectivity index (χ1n) is 8.46. The van der Waals surface area contributed by atoms with Crippen molar-refractivity contribution in [1.29, 1.82) is 0 Å². The van der Waals surface area contributed by atoms with Crippen LogP contribution in [0.15, 0.2) is 24.3 Å². The van der Waals surface area contributed by atoms with Crippen molar-refractivity contribution in [1.82, 2.24) is 10.6 Å². The largest absolute Gasteiger partial charge is 0.494 e. The Balaban J connectivity index is 1.74. The van der Waals surface area contributed by atoms with E-state index in [1.807, 2.05) is 13.0 Å². The molecule has 1 aromatic carbocycles. The van der Waals surface area contributed by atoms with Crippen LogP contribution in [0.3, 0.4) is 0 Å². The third-order valence-corrected chi connectivity index (χ3v) is 4.16. The lowest BCUT2D eigenvalue weighted by molar-refractivity contribution is 0.339. The van der Waals surface area contributed by atoms with Crippen LogP contribution in [0.2, 0.25) is 0 Å². The lowest BCUT2D eigenvalue weighted by Crippen LogP contribution is -2.36. The molecule has 21 heavy (non-hydrogen) atoms. The summed E-state index contributed by atoms with van der Waals surface area (Å²) in [5, 5.41) is 7.32. The Morgan fingerprint density at radius 1 is 1.33 bits per heavy atom. The van der Waals surface area contributed by atoms with Crippen molar-refractivity contribution in [3.63, 3.8) is 0 Å². The van der Waals surface area contributed by atoms with Gasteiger partial charge in [0.05, 0.1) is 6.61 Å². The van der Waals surface area contributed by atoms with Gasteiger partial charge in [-0.3, -0.25) is 0 Å². The SMILES string of the molecule is CCOc1cccc(CNC(C)CC2CCCCCN2)c1. The summed E-state index contributed by atoms with van der Waals surface area (Å²) >= 11 is 0. The summed E-state index contributed by atoms with van der Waals surface area (Å²) in [5.74, 6) is 0.967. The molecule has 0 amide bonds. The van der Waals surface area contributed by atoms with Gasteiger partial charge < -0.3 is 15.4 Å². The van der Waals surface area contributed by atoms with E-state index in [1.165, 1.54) is 44.2 Å². The molecule has 1 aromatic rings. The highest BCUT2D eigenvalue weighted by atomic mass is 16.5. The number of benzene rings is 1. The Morgan fingerprint density at radius 3 is 3.10 bits per heavy atom. The van der Waals surface area contributed by atoms with Crippen molar-refractivity contribution in [3.8, 4) is 5.75 Å². The summed E-state index contributed by atoms with van der Waals surface area (Å²) in [6, 6.07) is 9.60. The zero-order valence-corrected chi connectivity index (χ0v) is 13.5. The summed E-state index contributed by atoms with van der Waals surface area (Å²) in [6.07, 6.45) is 6.63. The van der Waals surface area contributed by atoms with Gasteiger partial charge in [0.2, 0.25) is 0 Å². The zero-order chi connectivity index (χ0) is 14.9. The fourth-order valence-corrected chi connectivity index (χ4v) is 3.02. The van der Waals surface area contributed by atoms with Crippen LogP contribution in [0.1, 0.15) is 51.5 Å². The third-order valence-electron chi connectivity index (χ3n) is 4.16. The molecule has 2 rings (SSSR count). The average molecular weight is 290 g/mol. The molecule has 2 N–H and O–H groups in total. The number of nitrogens with one attached hydrogen (secondary N) is 2. The van der Waals surface area contributed by atoms with Gasteiger partial charge in [0.15, 0.2) is 0 Å². The first-order chi connectivity index (χ1) is 10.3. The van der Waals surface area contributed by atoms with Crippen molar-refractivity contribution in [2.75, 3.05) is 13.2 Å². The summed E-state index contributed by atoms with van der Waals surface area (Å²) in [6.45, 7) is 7.13. The Bertz CT molecular complexity index is 400. The van der Waals surface area contributed by atoms with Crippen LogP contribution in [0.5, 0.6) is 5.75 Å². The van der Waals surface area contributed by atoms with Crippen LogP contribution >= 0.6 is 0 Å². The molecule has 3 nitrogen and oxygen atoms in total. The molecule has 0 spiro atoms. The fourth-order valence-electron chi connectivity index (χ4n) is 3.02. The normalized spacial score (nSPS) is 20.8. The molecule has 118 valence electrons. The Labute approximate surface area is 129 Å². The molecule has 1 saturated heterocycles. The molecule has 1 aliphatic heterocycles. The van der Waals surface area contributed by atoms with Crippen LogP contribution in [0.4, 0.5) is 0 Å². The second-order valence-electron chi connectivity index (χ2n) is 6.10. The molecule has 0 aromatic heterocycles. The number of rotatable bonds is 7. The first kappa shape index (κ1) is 16.3. The predicted octanol–water partition coefficient (Wildman–Crippen LogP) is 3.49. The van der Waals surface area contributed by atoms with Crippen LogP contribution in [-0.4, -0.2) is 25.2 Å². The summed E-state index contributed by atoms with van der Waals surface area (Å²) < 4.78 is 5.55. The fraction of sp³-hybridized carbons (Fsp3) is 0.667. The van der Waals surface area contributed by atoms with Gasteiger partial charge in [-0.2, -0.15) is 0 Å². The number of ether oxygens (including phenoxy) is 1. The first-order valence-corrected chi connectivity index (χ1v) is 8.46. The molecule has 2 unspecified atom stereocenters. The topological polar surface area (TPSA) is 33.3 Å². The smallest absolute Gasteiger partial charge is 0.119 e. The molecule has 0 saturated carbocycles. The molecular weight excluding hydrogens is 260 g/mol. The van der Waals surface area contributed by atoms with E-state index in [4.69, 9.17) is 4.74 Å². The number of hydrogen-bond donors (Lipinski definition) is 2. The van der Waals surface area contributed by atoms with Gasteiger partial charge in [-0.05, 0) is 57.4 Å². The van der Waals surface area contributed by atoms with Crippen LogP contribution in [-0.2, 0) is 6.54 Å². The molecule has 2 atom stereocenters. The van der Waals surface area contributed by atoms with E-state index in [9.17, 15) is 0 Å². The van der Waals surface area contributed by atoms with Crippen molar-refractivity contribution in [2.45, 2.75) is 64.6 Å². The maximum atomic E-state index is 5.55. The highest BCUT2D eigenvalue weighted by molar-refractivity contribution is 5.28. The molecular formula is C18H30N2O. The third kappa shape index (κ3) is 6.06. The predicted molar refractivity (Wildman–Crippen MR) is 88.8 cm³/mol. The van der Waals surface area contributed by atoms with Crippen LogP contribution in [0, 0.1) is 0 Å². The minimum atomic E-state index is 0.538. The summed E-state index contributed by atoms with van der Waals surface area (Å²) in [5.41, 5.74) is 1.29. The quantitative estimate of drug-likeness (QED) is 0.806. The Kier molecular flexibility index (Phi) is 7.04. The van der Waals surface area contributed by atoms with E-state index < -0.39 is 0 Å². The van der Waals surface area contributed by atoms with Gasteiger partial charge >= 0.3 is 0 Å². The minimum absolute atomic E-state index is 0.538. The highest BCUT2D eigenvalue weighted by Crippen LogP contribution is 2.15. The molecule has 0 aliphatic carbocycles. The lowest BCUT2D eigenvalue weighted by Gasteiger charge is -2.21.